The molecule has 2 aromatic rings. The summed E-state index contributed by atoms with van der Waals surface area (Å²) in [5, 5.41) is 0. The van der Waals surface area contributed by atoms with Gasteiger partial charge in [-0.25, -0.2) is 0 Å². The van der Waals surface area contributed by atoms with Crippen LogP contribution in [0.5, 0.6) is 0 Å². The van der Waals surface area contributed by atoms with Crippen LogP contribution in [0.4, 0.5) is 11.4 Å². The lowest BCUT2D eigenvalue weighted by Gasteiger charge is -2.20. The van der Waals surface area contributed by atoms with Crippen molar-refractivity contribution in [1.82, 2.24) is 0 Å². The zero-order valence-electron chi connectivity index (χ0n) is 10.8. The summed E-state index contributed by atoms with van der Waals surface area (Å²) in [6, 6.07) is 17.0. The third-order valence-corrected chi connectivity index (χ3v) is 3.58. The average molecular weight is 237 g/mol. The lowest BCUT2D eigenvalue weighted by atomic mass is 9.64. The molecule has 0 N–H and O–H groups in total. The molecule has 1 aliphatic heterocycles. The van der Waals surface area contributed by atoms with E-state index in [0.29, 0.717) is 0 Å². The molecule has 0 radical (unpaired) electrons. The van der Waals surface area contributed by atoms with Crippen molar-refractivity contribution in [2.45, 2.75) is 13.4 Å². The van der Waals surface area contributed by atoms with Gasteiger partial charge in [-0.1, -0.05) is 31.1 Å². The number of benzene rings is 2. The minimum atomic E-state index is 0.232. The lowest BCUT2D eigenvalue weighted by molar-refractivity contribution is 0.333. The van der Waals surface area contributed by atoms with E-state index in [9.17, 15) is 0 Å². The first kappa shape index (κ1) is 11.4. The summed E-state index contributed by atoms with van der Waals surface area (Å²) < 4.78 is 5.65. The first-order valence-electron chi connectivity index (χ1n) is 6.29. The van der Waals surface area contributed by atoms with Gasteiger partial charge in [0.15, 0.2) is 0 Å². The predicted molar refractivity (Wildman–Crippen MR) is 77.0 cm³/mol. The Balaban J connectivity index is 1.94. The zero-order chi connectivity index (χ0) is 12.5. The number of nitrogens with zero attached hydrogens (tertiary/aromatic N) is 1. The monoisotopic (exact) mass is 237 g/mol. The third-order valence-electron chi connectivity index (χ3n) is 3.58. The average Bonchev–Trinajstić information content (AvgIpc) is 2.80. The molecule has 2 nitrogen and oxygen atoms in total. The van der Waals surface area contributed by atoms with Crippen LogP contribution >= 0.6 is 0 Å². The summed E-state index contributed by atoms with van der Waals surface area (Å²) in [5.74, 6) is 0. The quantitative estimate of drug-likeness (QED) is 0.744. The third kappa shape index (κ3) is 1.91. The van der Waals surface area contributed by atoms with Gasteiger partial charge in [0.1, 0.15) is 0 Å². The van der Waals surface area contributed by atoms with Gasteiger partial charge in [-0.05, 0) is 35.3 Å². The van der Waals surface area contributed by atoms with Gasteiger partial charge in [0, 0.05) is 18.4 Å². The Hall–Kier alpha value is -1.74. The fourth-order valence-corrected chi connectivity index (χ4v) is 2.43. The van der Waals surface area contributed by atoms with Crippen LogP contribution in [0.15, 0.2) is 48.5 Å². The van der Waals surface area contributed by atoms with E-state index in [1.807, 2.05) is 6.07 Å². The molecular weight excluding hydrogens is 221 g/mol. The Morgan fingerprint density at radius 2 is 1.83 bits per heavy atom. The number of hydrogen-bond donors (Lipinski definition) is 0. The topological polar surface area (TPSA) is 12.5 Å². The van der Waals surface area contributed by atoms with Crippen LogP contribution in [-0.4, -0.2) is 14.0 Å². The molecule has 1 aliphatic rings. The molecule has 2 aromatic carbocycles. The van der Waals surface area contributed by atoms with E-state index in [1.54, 1.807) is 0 Å². The Morgan fingerprint density at radius 3 is 2.61 bits per heavy atom. The first-order chi connectivity index (χ1) is 8.75. The summed E-state index contributed by atoms with van der Waals surface area (Å²) in [6.45, 7) is 3.07. The molecule has 0 fully saturated rings. The van der Waals surface area contributed by atoms with E-state index < -0.39 is 0 Å². The molecule has 0 aliphatic carbocycles. The van der Waals surface area contributed by atoms with Gasteiger partial charge in [-0.2, -0.15) is 0 Å². The minimum absolute atomic E-state index is 0.232. The molecule has 18 heavy (non-hydrogen) atoms. The van der Waals surface area contributed by atoms with Gasteiger partial charge in [0.25, 0.3) is 0 Å². The second-order valence-electron chi connectivity index (χ2n) is 4.73. The van der Waals surface area contributed by atoms with Crippen molar-refractivity contribution in [3.8, 4) is 0 Å². The molecule has 3 heteroatoms. The highest BCUT2D eigenvalue weighted by molar-refractivity contribution is 6.67. The van der Waals surface area contributed by atoms with Crippen molar-refractivity contribution in [2.24, 2.45) is 0 Å². The molecule has 0 unspecified atom stereocenters. The molecule has 0 amide bonds. The van der Waals surface area contributed by atoms with E-state index in [2.05, 4.69) is 61.2 Å². The van der Waals surface area contributed by atoms with Gasteiger partial charge in [0.05, 0.1) is 6.61 Å². The zero-order valence-corrected chi connectivity index (χ0v) is 10.8. The predicted octanol–water partition coefficient (Wildman–Crippen LogP) is 2.81. The minimum Gasteiger partial charge on any atom is -0.427 e. The normalized spacial score (nSPS) is 13.6. The van der Waals surface area contributed by atoms with Crippen LogP contribution in [-0.2, 0) is 11.3 Å². The molecule has 0 aromatic heterocycles. The van der Waals surface area contributed by atoms with Crippen molar-refractivity contribution in [3.63, 3.8) is 0 Å². The first-order valence-corrected chi connectivity index (χ1v) is 6.29. The maximum atomic E-state index is 5.65. The molecular formula is C15H16BNO. The summed E-state index contributed by atoms with van der Waals surface area (Å²) in [6.07, 6.45) is 0. The second-order valence-corrected chi connectivity index (χ2v) is 4.73. The van der Waals surface area contributed by atoms with Gasteiger partial charge in [0.2, 0.25) is 0 Å². The Kier molecular flexibility index (Phi) is 2.84. The van der Waals surface area contributed by atoms with E-state index in [-0.39, 0.29) is 6.92 Å². The van der Waals surface area contributed by atoms with Crippen LogP contribution in [0.2, 0.25) is 6.82 Å². The van der Waals surface area contributed by atoms with Gasteiger partial charge in [-0.15, -0.1) is 0 Å². The summed E-state index contributed by atoms with van der Waals surface area (Å²) in [7, 11) is 2.09. The van der Waals surface area contributed by atoms with E-state index in [4.69, 9.17) is 4.65 Å². The smallest absolute Gasteiger partial charge is 0.324 e. The number of hydrogen-bond acceptors (Lipinski definition) is 2. The van der Waals surface area contributed by atoms with Crippen molar-refractivity contribution in [3.05, 3.63) is 54.1 Å². The fraction of sp³-hybridized carbons (Fsp3) is 0.200. The van der Waals surface area contributed by atoms with Crippen LogP contribution in [0.25, 0.3) is 0 Å². The lowest BCUT2D eigenvalue weighted by Crippen LogP contribution is -2.24. The molecule has 0 bridgehead atoms. The highest BCUT2D eigenvalue weighted by Crippen LogP contribution is 2.25. The number of fused-ring (bicyclic) bond motifs is 1. The molecule has 3 rings (SSSR count). The van der Waals surface area contributed by atoms with Gasteiger partial charge in [-0.3, -0.25) is 0 Å². The Labute approximate surface area is 108 Å². The maximum absolute atomic E-state index is 5.65. The second kappa shape index (κ2) is 4.50. The SMILES string of the molecule is CB1OCc2cc(N(C)c3ccccc3)ccc21. The molecule has 0 atom stereocenters. The van der Waals surface area contributed by atoms with Gasteiger partial charge < -0.3 is 9.55 Å². The van der Waals surface area contributed by atoms with Crippen LogP contribution in [0, 0.1) is 0 Å². The van der Waals surface area contributed by atoms with E-state index in [1.165, 1.54) is 22.4 Å². The Morgan fingerprint density at radius 1 is 1.06 bits per heavy atom. The van der Waals surface area contributed by atoms with Crippen molar-refractivity contribution in [2.75, 3.05) is 11.9 Å². The van der Waals surface area contributed by atoms with Crippen molar-refractivity contribution in [1.29, 1.82) is 0 Å². The number of para-hydroxylation sites is 1. The van der Waals surface area contributed by atoms with Crippen LogP contribution in [0.3, 0.4) is 0 Å². The van der Waals surface area contributed by atoms with Crippen LogP contribution in [0.1, 0.15) is 5.56 Å². The number of rotatable bonds is 2. The van der Waals surface area contributed by atoms with E-state index in [0.717, 1.165) is 6.61 Å². The summed E-state index contributed by atoms with van der Waals surface area (Å²) in [5.41, 5.74) is 5.03. The van der Waals surface area contributed by atoms with E-state index >= 15 is 0 Å². The maximum Gasteiger partial charge on any atom is 0.324 e. The summed E-state index contributed by atoms with van der Waals surface area (Å²) >= 11 is 0. The van der Waals surface area contributed by atoms with Crippen molar-refractivity contribution >= 4 is 23.8 Å². The highest BCUT2D eigenvalue weighted by atomic mass is 16.4. The largest absolute Gasteiger partial charge is 0.427 e. The molecule has 90 valence electrons. The van der Waals surface area contributed by atoms with Crippen LogP contribution < -0.4 is 10.4 Å². The molecule has 1 heterocycles. The Bertz CT molecular complexity index is 556. The fourth-order valence-electron chi connectivity index (χ4n) is 2.43. The summed E-state index contributed by atoms with van der Waals surface area (Å²) in [4.78, 5) is 2.20. The standard InChI is InChI=1S/C15H16BNO/c1-16-15-9-8-14(10-12(15)11-18-16)17(2)13-6-4-3-5-7-13/h3-10H,11H2,1-2H3. The van der Waals surface area contributed by atoms with Gasteiger partial charge >= 0.3 is 6.92 Å². The van der Waals surface area contributed by atoms with Crippen molar-refractivity contribution < 1.29 is 4.65 Å². The molecule has 0 saturated heterocycles. The number of anilines is 2. The molecule has 0 saturated carbocycles. The highest BCUT2D eigenvalue weighted by Gasteiger charge is 2.23. The molecule has 0 spiro atoms.